The number of ether oxygens (including phenoxy) is 1. The van der Waals surface area contributed by atoms with E-state index in [0.717, 1.165) is 6.42 Å². The van der Waals surface area contributed by atoms with Crippen molar-refractivity contribution in [2.45, 2.75) is 51.6 Å². The number of rotatable bonds is 4. The van der Waals surface area contributed by atoms with Gasteiger partial charge in [0, 0.05) is 22.8 Å². The molecule has 104 valence electrons. The van der Waals surface area contributed by atoms with E-state index >= 15 is 0 Å². The van der Waals surface area contributed by atoms with Crippen LogP contribution in [0.5, 0.6) is 0 Å². The van der Waals surface area contributed by atoms with Crippen molar-refractivity contribution < 1.29 is 4.74 Å². The number of benzene rings is 1. The van der Waals surface area contributed by atoms with Crippen LogP contribution in [-0.4, -0.2) is 25.1 Å². The molecule has 0 spiro atoms. The molecule has 19 heavy (non-hydrogen) atoms. The molecule has 0 aliphatic carbocycles. The first-order chi connectivity index (χ1) is 8.87. The Bertz CT molecular complexity index is 539. The van der Waals surface area contributed by atoms with Crippen LogP contribution in [0.4, 0.5) is 0 Å². The molecule has 0 saturated carbocycles. The molecule has 0 bridgehead atoms. The third-order valence-corrected chi connectivity index (χ3v) is 5.20. The van der Waals surface area contributed by atoms with Crippen molar-refractivity contribution in [1.82, 2.24) is 4.98 Å². The van der Waals surface area contributed by atoms with E-state index in [2.05, 4.69) is 69.3 Å². The second kappa shape index (κ2) is 5.51. The van der Waals surface area contributed by atoms with Crippen molar-refractivity contribution in [2.75, 3.05) is 0 Å². The van der Waals surface area contributed by atoms with Crippen LogP contribution in [-0.2, 0) is 11.2 Å². The van der Waals surface area contributed by atoms with Gasteiger partial charge in [-0.05, 0) is 38.8 Å². The van der Waals surface area contributed by atoms with Crippen LogP contribution < -0.4 is 0 Å². The second-order valence-electron chi connectivity index (χ2n) is 6.58. The summed E-state index contributed by atoms with van der Waals surface area (Å²) in [5.74, 6) is 0. The van der Waals surface area contributed by atoms with Crippen LogP contribution in [0, 0.1) is 0 Å². The molecule has 0 amide bonds. The lowest BCUT2D eigenvalue weighted by Gasteiger charge is -2.29. The number of nitrogens with one attached hydrogen (secondary N) is 1. The molecule has 2 rings (SSSR count). The lowest BCUT2D eigenvalue weighted by atomic mass is 10.1. The van der Waals surface area contributed by atoms with Crippen LogP contribution in [0.15, 0.2) is 30.5 Å². The predicted octanol–water partition coefficient (Wildman–Crippen LogP) is 3.92. The number of hydrogen-bond acceptors (Lipinski definition) is 1. The van der Waals surface area contributed by atoms with Gasteiger partial charge in [-0.1, -0.05) is 31.3 Å². The molecule has 0 aliphatic heterocycles. The maximum absolute atomic E-state index is 6.27. The molecule has 0 saturated heterocycles. The Morgan fingerprint density at radius 1 is 1.21 bits per heavy atom. The third kappa shape index (κ3) is 3.70. The van der Waals surface area contributed by atoms with E-state index < -0.39 is 8.80 Å². The molecule has 0 radical (unpaired) electrons. The number of hydrogen-bond donors (Lipinski definition) is 1. The summed E-state index contributed by atoms with van der Waals surface area (Å²) in [5.41, 5.74) is 2.93. The fourth-order valence-electron chi connectivity index (χ4n) is 2.38. The Balaban J connectivity index is 2.22. The Morgan fingerprint density at radius 2 is 1.89 bits per heavy atom. The summed E-state index contributed by atoms with van der Waals surface area (Å²) in [6, 6.07) is 8.50. The minimum Gasteiger partial charge on any atom is -0.376 e. The van der Waals surface area contributed by atoms with Crippen LogP contribution in [0.2, 0.25) is 13.1 Å². The van der Waals surface area contributed by atoms with Crippen LogP contribution in [0.1, 0.15) is 26.3 Å². The maximum Gasteiger partial charge on any atom is 0.0660 e. The zero-order valence-corrected chi connectivity index (χ0v) is 13.8. The minimum atomic E-state index is -0.847. The predicted molar refractivity (Wildman–Crippen MR) is 85.5 cm³/mol. The highest BCUT2D eigenvalue weighted by Gasteiger charge is 2.23. The highest BCUT2D eigenvalue weighted by molar-refractivity contribution is 6.57. The van der Waals surface area contributed by atoms with Crippen molar-refractivity contribution in [2.24, 2.45) is 0 Å². The summed E-state index contributed by atoms with van der Waals surface area (Å²) in [5, 5.41) is 1.33. The van der Waals surface area contributed by atoms with Gasteiger partial charge in [-0.2, -0.15) is 0 Å². The quantitative estimate of drug-likeness (QED) is 0.841. The average molecular weight is 275 g/mol. The summed E-state index contributed by atoms with van der Waals surface area (Å²) in [6.07, 6.45) is 3.16. The first-order valence-electron chi connectivity index (χ1n) is 7.09. The fourth-order valence-corrected chi connectivity index (χ4v) is 3.79. The highest BCUT2D eigenvalue weighted by Crippen LogP contribution is 2.22. The summed E-state index contributed by atoms with van der Waals surface area (Å²) in [7, 11) is -0.847. The first-order valence-corrected chi connectivity index (χ1v) is 10.1. The molecule has 1 atom stereocenters. The summed E-state index contributed by atoms with van der Waals surface area (Å²) >= 11 is 0. The van der Waals surface area contributed by atoms with Gasteiger partial charge in [-0.15, -0.1) is 0 Å². The Labute approximate surface area is 117 Å². The molecule has 0 fully saturated rings. The lowest BCUT2D eigenvalue weighted by Crippen LogP contribution is -2.37. The smallest absolute Gasteiger partial charge is 0.0660 e. The van der Waals surface area contributed by atoms with Crippen molar-refractivity contribution in [3.63, 3.8) is 0 Å². The van der Waals surface area contributed by atoms with Gasteiger partial charge in [0.25, 0.3) is 0 Å². The second-order valence-corrected chi connectivity index (χ2v) is 9.81. The molecular weight excluding hydrogens is 250 g/mol. The van der Waals surface area contributed by atoms with E-state index in [-0.39, 0.29) is 5.60 Å². The summed E-state index contributed by atoms with van der Waals surface area (Å²) < 4.78 is 6.27. The minimum absolute atomic E-state index is 0.0615. The molecule has 1 N–H and O–H groups in total. The van der Waals surface area contributed by atoms with Crippen LogP contribution in [0.3, 0.4) is 0 Å². The molecule has 1 aromatic heterocycles. The zero-order valence-electron chi connectivity index (χ0n) is 12.7. The van der Waals surface area contributed by atoms with E-state index in [9.17, 15) is 0 Å². The highest BCUT2D eigenvalue weighted by atomic mass is 28.3. The van der Waals surface area contributed by atoms with E-state index in [1.807, 2.05) is 0 Å². The molecule has 0 aliphatic rings. The molecule has 1 unspecified atom stereocenters. The van der Waals surface area contributed by atoms with Gasteiger partial charge in [0.05, 0.1) is 14.4 Å². The molecular formula is C16H25NOSi. The Morgan fingerprint density at radius 3 is 2.53 bits per heavy atom. The van der Waals surface area contributed by atoms with Gasteiger partial charge in [0.15, 0.2) is 0 Å². The van der Waals surface area contributed by atoms with E-state index in [1.54, 1.807) is 0 Å². The van der Waals surface area contributed by atoms with Gasteiger partial charge in [-0.25, -0.2) is 0 Å². The number of para-hydroxylation sites is 1. The Kier molecular flexibility index (Phi) is 4.16. The van der Waals surface area contributed by atoms with E-state index in [1.165, 1.54) is 16.5 Å². The van der Waals surface area contributed by atoms with Gasteiger partial charge < -0.3 is 9.72 Å². The molecule has 1 heterocycles. The fraction of sp³-hybridized carbons (Fsp3) is 0.500. The lowest BCUT2D eigenvalue weighted by molar-refractivity contribution is -0.0253. The third-order valence-electron chi connectivity index (χ3n) is 3.34. The number of aromatic amines is 1. The van der Waals surface area contributed by atoms with Crippen LogP contribution >= 0.6 is 0 Å². The molecule has 3 heteroatoms. The van der Waals surface area contributed by atoms with Gasteiger partial charge in [0.1, 0.15) is 0 Å². The number of H-pyrrole nitrogens is 1. The monoisotopic (exact) mass is 275 g/mol. The number of aromatic nitrogens is 1. The topological polar surface area (TPSA) is 25.0 Å². The standard InChI is InChI=1S/C16H25NOSi/c1-16(2,3)18-15(19(4)5)10-12-11-17-14-9-7-6-8-13(12)14/h6-9,11,15,17,19H,10H2,1-5H3. The molecule has 2 nitrogen and oxygen atoms in total. The van der Waals surface area contributed by atoms with Crippen LogP contribution in [0.25, 0.3) is 10.9 Å². The zero-order chi connectivity index (χ0) is 14.0. The SMILES string of the molecule is C[SiH](C)C(Cc1c[nH]c2ccccc12)OC(C)(C)C. The first kappa shape index (κ1) is 14.3. The van der Waals surface area contributed by atoms with Gasteiger partial charge >= 0.3 is 0 Å². The van der Waals surface area contributed by atoms with Gasteiger partial charge in [0.2, 0.25) is 0 Å². The van der Waals surface area contributed by atoms with Crippen molar-refractivity contribution in [3.05, 3.63) is 36.0 Å². The normalized spacial score (nSPS) is 14.2. The molecule has 1 aromatic carbocycles. The Hall–Kier alpha value is -1.06. The maximum atomic E-state index is 6.27. The number of fused-ring (bicyclic) bond motifs is 1. The summed E-state index contributed by atoms with van der Waals surface area (Å²) in [4.78, 5) is 3.36. The van der Waals surface area contributed by atoms with Crippen molar-refractivity contribution >= 4 is 19.7 Å². The molecule has 2 aromatic rings. The van der Waals surface area contributed by atoms with E-state index in [0.29, 0.717) is 5.73 Å². The summed E-state index contributed by atoms with van der Waals surface area (Å²) in [6.45, 7) is 11.2. The van der Waals surface area contributed by atoms with Crippen molar-refractivity contribution in [3.8, 4) is 0 Å². The average Bonchev–Trinajstić information content (AvgIpc) is 2.70. The van der Waals surface area contributed by atoms with Crippen molar-refractivity contribution in [1.29, 1.82) is 0 Å². The largest absolute Gasteiger partial charge is 0.376 e. The van der Waals surface area contributed by atoms with E-state index in [4.69, 9.17) is 4.74 Å². The van der Waals surface area contributed by atoms with Gasteiger partial charge in [-0.3, -0.25) is 0 Å².